The van der Waals surface area contributed by atoms with Gasteiger partial charge < -0.3 is 10.4 Å². The molecule has 2 atom stereocenters. The molecule has 4 heteroatoms. The standard InChI is InChI=1S/C20H37NO3/c1-6-15(4)17(18(22)23)21-19(24)20(5)12-10-16(11-13-20)9-7-8-14(2)3/h14-17H,6-13H2,1-5H3,(H,21,24)(H,22,23)/t15-,16?,17-,20?/m0/s1. The molecule has 1 fully saturated rings. The normalized spacial score (nSPS) is 26.8. The van der Waals surface area contributed by atoms with Crippen LogP contribution >= 0.6 is 0 Å². The van der Waals surface area contributed by atoms with Crippen molar-refractivity contribution in [3.05, 3.63) is 0 Å². The lowest BCUT2D eigenvalue weighted by Crippen LogP contribution is -2.51. The first-order valence-corrected chi connectivity index (χ1v) is 9.73. The highest BCUT2D eigenvalue weighted by Gasteiger charge is 2.39. The first kappa shape index (κ1) is 21.0. The zero-order chi connectivity index (χ0) is 18.3. The van der Waals surface area contributed by atoms with Gasteiger partial charge in [-0.15, -0.1) is 0 Å². The number of carbonyl (C=O) groups is 2. The second-order valence-corrected chi connectivity index (χ2v) is 8.50. The van der Waals surface area contributed by atoms with Crippen LogP contribution in [-0.2, 0) is 9.59 Å². The largest absolute Gasteiger partial charge is 0.480 e. The van der Waals surface area contributed by atoms with Crippen LogP contribution in [0, 0.1) is 23.2 Å². The molecule has 1 aliphatic carbocycles. The highest BCUT2D eigenvalue weighted by atomic mass is 16.4. The molecule has 0 heterocycles. The van der Waals surface area contributed by atoms with E-state index in [1.165, 1.54) is 19.3 Å². The van der Waals surface area contributed by atoms with Gasteiger partial charge in [0.05, 0.1) is 0 Å². The molecule has 0 aromatic carbocycles. The van der Waals surface area contributed by atoms with E-state index in [1.54, 1.807) is 0 Å². The summed E-state index contributed by atoms with van der Waals surface area (Å²) in [5, 5.41) is 12.2. The van der Waals surface area contributed by atoms with Gasteiger partial charge in [0.25, 0.3) is 0 Å². The number of nitrogens with one attached hydrogen (secondary N) is 1. The van der Waals surface area contributed by atoms with Crippen molar-refractivity contribution in [2.45, 2.75) is 92.0 Å². The molecule has 0 unspecified atom stereocenters. The van der Waals surface area contributed by atoms with E-state index in [9.17, 15) is 14.7 Å². The molecule has 140 valence electrons. The van der Waals surface area contributed by atoms with Gasteiger partial charge in [-0.25, -0.2) is 4.79 Å². The summed E-state index contributed by atoms with van der Waals surface area (Å²) in [4.78, 5) is 24.1. The molecule has 24 heavy (non-hydrogen) atoms. The summed E-state index contributed by atoms with van der Waals surface area (Å²) < 4.78 is 0. The van der Waals surface area contributed by atoms with E-state index < -0.39 is 17.4 Å². The SMILES string of the molecule is CC[C@H](C)[C@H](NC(=O)C1(C)CCC(CCCC(C)C)CC1)C(=O)O. The van der Waals surface area contributed by atoms with Crippen molar-refractivity contribution in [3.8, 4) is 0 Å². The molecule has 0 bridgehead atoms. The van der Waals surface area contributed by atoms with Crippen LogP contribution in [0.25, 0.3) is 0 Å². The molecule has 0 saturated heterocycles. The second-order valence-electron chi connectivity index (χ2n) is 8.50. The van der Waals surface area contributed by atoms with Crippen LogP contribution in [0.1, 0.15) is 86.0 Å². The molecule has 0 radical (unpaired) electrons. The predicted octanol–water partition coefficient (Wildman–Crippen LogP) is 4.62. The molecular formula is C20H37NO3. The Kier molecular flexibility index (Phi) is 8.24. The fourth-order valence-electron chi connectivity index (χ4n) is 3.64. The van der Waals surface area contributed by atoms with Gasteiger partial charge in [0, 0.05) is 5.41 Å². The summed E-state index contributed by atoms with van der Waals surface area (Å²) in [7, 11) is 0. The summed E-state index contributed by atoms with van der Waals surface area (Å²) in [5.74, 6) is 0.439. The van der Waals surface area contributed by atoms with Crippen molar-refractivity contribution in [1.29, 1.82) is 0 Å². The van der Waals surface area contributed by atoms with Gasteiger partial charge in [-0.3, -0.25) is 4.79 Å². The third-order valence-electron chi connectivity index (χ3n) is 5.92. The molecule has 0 aromatic heterocycles. The Labute approximate surface area is 147 Å². The predicted molar refractivity (Wildman–Crippen MR) is 97.8 cm³/mol. The fourth-order valence-corrected chi connectivity index (χ4v) is 3.64. The number of aliphatic carboxylic acids is 1. The number of hydrogen-bond acceptors (Lipinski definition) is 2. The number of carbonyl (C=O) groups excluding carboxylic acids is 1. The highest BCUT2D eigenvalue weighted by molar-refractivity contribution is 5.87. The Morgan fingerprint density at radius 3 is 2.25 bits per heavy atom. The summed E-state index contributed by atoms with van der Waals surface area (Å²) >= 11 is 0. The van der Waals surface area contributed by atoms with Crippen LogP contribution in [0.4, 0.5) is 0 Å². The lowest BCUT2D eigenvalue weighted by molar-refractivity contribution is -0.146. The van der Waals surface area contributed by atoms with Crippen molar-refractivity contribution in [2.75, 3.05) is 0 Å². The number of rotatable bonds is 9. The number of carboxylic acid groups (broad SMARTS) is 1. The van der Waals surface area contributed by atoms with Crippen molar-refractivity contribution < 1.29 is 14.7 Å². The molecule has 1 amide bonds. The molecule has 0 aromatic rings. The topological polar surface area (TPSA) is 66.4 Å². The minimum Gasteiger partial charge on any atom is -0.480 e. The van der Waals surface area contributed by atoms with Crippen molar-refractivity contribution >= 4 is 11.9 Å². The lowest BCUT2D eigenvalue weighted by atomic mass is 9.70. The molecular weight excluding hydrogens is 302 g/mol. The van der Waals surface area contributed by atoms with E-state index in [-0.39, 0.29) is 11.8 Å². The first-order valence-electron chi connectivity index (χ1n) is 9.73. The van der Waals surface area contributed by atoms with Crippen molar-refractivity contribution in [2.24, 2.45) is 23.2 Å². The molecule has 1 aliphatic rings. The van der Waals surface area contributed by atoms with E-state index in [0.717, 1.165) is 43.9 Å². The van der Waals surface area contributed by atoms with Crippen LogP contribution in [0.2, 0.25) is 0 Å². The number of carboxylic acids is 1. The van der Waals surface area contributed by atoms with Gasteiger partial charge in [0.15, 0.2) is 0 Å². The highest BCUT2D eigenvalue weighted by Crippen LogP contribution is 2.40. The monoisotopic (exact) mass is 339 g/mol. The molecule has 1 saturated carbocycles. The zero-order valence-corrected chi connectivity index (χ0v) is 16.2. The number of amides is 1. The Bertz CT molecular complexity index is 411. The average molecular weight is 340 g/mol. The fraction of sp³-hybridized carbons (Fsp3) is 0.900. The summed E-state index contributed by atoms with van der Waals surface area (Å²) in [6, 6.07) is -0.775. The van der Waals surface area contributed by atoms with Crippen molar-refractivity contribution in [1.82, 2.24) is 5.32 Å². The maximum Gasteiger partial charge on any atom is 0.326 e. The third kappa shape index (κ3) is 6.10. The van der Waals surface area contributed by atoms with E-state index in [1.807, 2.05) is 20.8 Å². The Morgan fingerprint density at radius 1 is 1.21 bits per heavy atom. The minimum atomic E-state index is -0.927. The van der Waals surface area contributed by atoms with Gasteiger partial charge in [-0.2, -0.15) is 0 Å². The Balaban J connectivity index is 2.52. The van der Waals surface area contributed by atoms with Crippen LogP contribution < -0.4 is 5.32 Å². The molecule has 0 spiro atoms. The van der Waals surface area contributed by atoms with E-state index in [2.05, 4.69) is 19.2 Å². The Hall–Kier alpha value is -1.06. The van der Waals surface area contributed by atoms with E-state index in [0.29, 0.717) is 0 Å². The summed E-state index contributed by atoms with van der Waals surface area (Å²) in [6.07, 6.45) is 8.48. The second kappa shape index (κ2) is 9.43. The van der Waals surface area contributed by atoms with Gasteiger partial charge in [-0.1, -0.05) is 60.3 Å². The number of hydrogen-bond donors (Lipinski definition) is 2. The lowest BCUT2D eigenvalue weighted by Gasteiger charge is -2.37. The minimum absolute atomic E-state index is 0.0533. The van der Waals surface area contributed by atoms with Gasteiger partial charge in [0.2, 0.25) is 5.91 Å². The molecule has 1 rings (SSSR count). The zero-order valence-electron chi connectivity index (χ0n) is 16.2. The first-order chi connectivity index (χ1) is 11.2. The van der Waals surface area contributed by atoms with Crippen LogP contribution in [0.5, 0.6) is 0 Å². The van der Waals surface area contributed by atoms with E-state index in [4.69, 9.17) is 0 Å². The van der Waals surface area contributed by atoms with Crippen LogP contribution in [0.15, 0.2) is 0 Å². The van der Waals surface area contributed by atoms with E-state index >= 15 is 0 Å². The van der Waals surface area contributed by atoms with Crippen LogP contribution in [-0.4, -0.2) is 23.0 Å². The van der Waals surface area contributed by atoms with Crippen molar-refractivity contribution in [3.63, 3.8) is 0 Å². The molecule has 0 aliphatic heterocycles. The summed E-state index contributed by atoms with van der Waals surface area (Å²) in [5.41, 5.74) is -0.407. The van der Waals surface area contributed by atoms with Crippen LogP contribution in [0.3, 0.4) is 0 Å². The maximum atomic E-state index is 12.7. The smallest absolute Gasteiger partial charge is 0.326 e. The Morgan fingerprint density at radius 2 is 1.79 bits per heavy atom. The van der Waals surface area contributed by atoms with Gasteiger partial charge in [0.1, 0.15) is 6.04 Å². The maximum absolute atomic E-state index is 12.7. The average Bonchev–Trinajstić information content (AvgIpc) is 2.53. The van der Waals surface area contributed by atoms with Gasteiger partial charge >= 0.3 is 5.97 Å². The summed E-state index contributed by atoms with van der Waals surface area (Å²) in [6.45, 7) is 10.4. The third-order valence-corrected chi connectivity index (χ3v) is 5.92. The van der Waals surface area contributed by atoms with Gasteiger partial charge in [-0.05, 0) is 43.4 Å². The quantitative estimate of drug-likeness (QED) is 0.644. The molecule has 2 N–H and O–H groups in total. The molecule has 4 nitrogen and oxygen atoms in total.